The van der Waals surface area contributed by atoms with Crippen molar-refractivity contribution in [2.45, 2.75) is 27.7 Å². The monoisotopic (exact) mass is 345 g/mol. The van der Waals surface area contributed by atoms with Crippen LogP contribution in [0.2, 0.25) is 5.02 Å². The molecule has 0 aromatic heterocycles. The van der Waals surface area contributed by atoms with Gasteiger partial charge in [-0.25, -0.2) is 0 Å². The van der Waals surface area contributed by atoms with Gasteiger partial charge in [-0.3, -0.25) is 9.59 Å². The summed E-state index contributed by atoms with van der Waals surface area (Å²) in [6.45, 7) is 10.9. The number of hydrogen-bond donors (Lipinski definition) is 0. The van der Waals surface area contributed by atoms with E-state index < -0.39 is 0 Å². The van der Waals surface area contributed by atoms with Crippen LogP contribution in [-0.4, -0.2) is 30.1 Å². The number of benzene rings is 1. The minimum atomic E-state index is -0.0846. The Balaban J connectivity index is 2.80. The standard InChI is InChI=1S/C20H24ClNO2/c1-13(10-11-18-8-7-9-19(21)16(18)4)22(6)12-20(24)15(3)14(2)17(5)23/h7-11H,1,12H2,2-6H3/b11-10-,15-14-. The fraction of sp³-hybridized carbons (Fsp3) is 0.300. The van der Waals surface area contributed by atoms with Gasteiger partial charge in [0.1, 0.15) is 0 Å². The number of Topliss-reactive ketones (excluding diaryl/α,β-unsaturated/α-hetero) is 2. The smallest absolute Gasteiger partial charge is 0.178 e. The molecule has 0 spiro atoms. The van der Waals surface area contributed by atoms with Crippen LogP contribution in [0.3, 0.4) is 0 Å². The number of hydrogen-bond acceptors (Lipinski definition) is 3. The topological polar surface area (TPSA) is 37.4 Å². The number of likely N-dealkylation sites (N-methyl/N-ethyl adjacent to an activating group) is 1. The summed E-state index contributed by atoms with van der Waals surface area (Å²) in [7, 11) is 1.80. The van der Waals surface area contributed by atoms with Crippen molar-refractivity contribution >= 4 is 29.2 Å². The van der Waals surface area contributed by atoms with E-state index in [9.17, 15) is 9.59 Å². The van der Waals surface area contributed by atoms with E-state index in [-0.39, 0.29) is 18.1 Å². The van der Waals surface area contributed by atoms with E-state index in [2.05, 4.69) is 6.58 Å². The molecule has 0 amide bonds. The minimum absolute atomic E-state index is 0.0845. The van der Waals surface area contributed by atoms with Gasteiger partial charge in [0, 0.05) is 23.3 Å². The number of carbonyl (C=O) groups excluding carboxylic acids is 2. The normalized spacial score (nSPS) is 12.1. The molecule has 0 radical (unpaired) electrons. The predicted molar refractivity (Wildman–Crippen MR) is 101 cm³/mol. The van der Waals surface area contributed by atoms with Crippen LogP contribution in [0, 0.1) is 6.92 Å². The summed E-state index contributed by atoms with van der Waals surface area (Å²) >= 11 is 6.11. The number of rotatable bonds is 7. The molecule has 128 valence electrons. The van der Waals surface area contributed by atoms with Crippen LogP contribution in [0.25, 0.3) is 6.08 Å². The lowest BCUT2D eigenvalue weighted by Crippen LogP contribution is -2.25. The summed E-state index contributed by atoms with van der Waals surface area (Å²) in [6.07, 6.45) is 3.77. The third-order valence-electron chi connectivity index (χ3n) is 4.14. The summed E-state index contributed by atoms with van der Waals surface area (Å²) in [5.41, 5.74) is 3.71. The lowest BCUT2D eigenvalue weighted by Gasteiger charge is -2.19. The highest BCUT2D eigenvalue weighted by molar-refractivity contribution is 6.31. The van der Waals surface area contributed by atoms with E-state index in [4.69, 9.17) is 11.6 Å². The van der Waals surface area contributed by atoms with Crippen LogP contribution in [-0.2, 0) is 9.59 Å². The van der Waals surface area contributed by atoms with E-state index in [0.29, 0.717) is 21.9 Å². The van der Waals surface area contributed by atoms with Gasteiger partial charge < -0.3 is 4.90 Å². The Morgan fingerprint density at radius 2 is 1.83 bits per heavy atom. The molecule has 24 heavy (non-hydrogen) atoms. The highest BCUT2D eigenvalue weighted by Gasteiger charge is 2.13. The first-order valence-corrected chi connectivity index (χ1v) is 8.07. The first-order valence-electron chi connectivity index (χ1n) is 7.70. The van der Waals surface area contributed by atoms with Crippen molar-refractivity contribution in [2.24, 2.45) is 0 Å². The Hall–Kier alpha value is -2.13. The van der Waals surface area contributed by atoms with Gasteiger partial charge in [-0.15, -0.1) is 0 Å². The van der Waals surface area contributed by atoms with Crippen LogP contribution >= 0.6 is 11.6 Å². The largest absolute Gasteiger partial charge is 0.367 e. The molecule has 0 N–H and O–H groups in total. The summed E-state index contributed by atoms with van der Waals surface area (Å²) < 4.78 is 0. The molecule has 0 atom stereocenters. The van der Waals surface area contributed by atoms with Gasteiger partial charge >= 0.3 is 0 Å². The van der Waals surface area contributed by atoms with Crippen LogP contribution in [0.15, 0.2) is 47.7 Å². The first kappa shape index (κ1) is 19.9. The van der Waals surface area contributed by atoms with E-state index in [1.165, 1.54) is 6.92 Å². The molecular formula is C20H24ClNO2. The second-order valence-corrected chi connectivity index (χ2v) is 6.27. The average Bonchev–Trinajstić information content (AvgIpc) is 2.54. The molecule has 1 aromatic carbocycles. The third-order valence-corrected chi connectivity index (χ3v) is 4.55. The van der Waals surface area contributed by atoms with E-state index in [1.807, 2.05) is 37.3 Å². The predicted octanol–water partition coefficient (Wildman–Crippen LogP) is 4.60. The molecule has 0 aliphatic heterocycles. The molecule has 3 nitrogen and oxygen atoms in total. The molecule has 0 aliphatic rings. The summed E-state index contributed by atoms with van der Waals surface area (Å²) in [5, 5.41) is 0.715. The van der Waals surface area contributed by atoms with Gasteiger partial charge in [0.25, 0.3) is 0 Å². The number of allylic oxidation sites excluding steroid dienone is 2. The molecule has 0 bridgehead atoms. The van der Waals surface area contributed by atoms with Crippen molar-refractivity contribution in [1.82, 2.24) is 4.90 Å². The Morgan fingerprint density at radius 3 is 2.42 bits per heavy atom. The molecule has 0 saturated carbocycles. The maximum Gasteiger partial charge on any atom is 0.178 e. The van der Waals surface area contributed by atoms with E-state index in [1.54, 1.807) is 25.8 Å². The van der Waals surface area contributed by atoms with E-state index >= 15 is 0 Å². The Labute approximate surface area is 149 Å². The van der Waals surface area contributed by atoms with Crippen molar-refractivity contribution in [3.05, 3.63) is 63.8 Å². The molecule has 4 heteroatoms. The fourth-order valence-electron chi connectivity index (χ4n) is 2.03. The molecule has 0 unspecified atom stereocenters. The quantitative estimate of drug-likeness (QED) is 0.535. The maximum absolute atomic E-state index is 12.2. The molecule has 0 aliphatic carbocycles. The minimum Gasteiger partial charge on any atom is -0.367 e. The van der Waals surface area contributed by atoms with Gasteiger partial charge in [-0.1, -0.05) is 36.4 Å². The zero-order chi connectivity index (χ0) is 18.4. The zero-order valence-electron chi connectivity index (χ0n) is 14.9. The van der Waals surface area contributed by atoms with Crippen LogP contribution in [0.1, 0.15) is 31.9 Å². The Kier molecular flexibility index (Phi) is 7.18. The molecule has 0 fully saturated rings. The van der Waals surface area contributed by atoms with Crippen molar-refractivity contribution < 1.29 is 9.59 Å². The van der Waals surface area contributed by atoms with Crippen LogP contribution < -0.4 is 0 Å². The number of ketones is 2. The van der Waals surface area contributed by atoms with Crippen LogP contribution in [0.4, 0.5) is 0 Å². The third kappa shape index (κ3) is 5.20. The van der Waals surface area contributed by atoms with Crippen molar-refractivity contribution in [2.75, 3.05) is 13.6 Å². The van der Waals surface area contributed by atoms with E-state index in [0.717, 1.165) is 11.1 Å². The maximum atomic E-state index is 12.2. The molecule has 1 rings (SSSR count). The number of halogens is 1. The Morgan fingerprint density at radius 1 is 1.21 bits per heavy atom. The van der Waals surface area contributed by atoms with Gasteiger partial charge in [0.2, 0.25) is 0 Å². The highest BCUT2D eigenvalue weighted by atomic mass is 35.5. The highest BCUT2D eigenvalue weighted by Crippen LogP contribution is 2.20. The molecule has 0 heterocycles. The van der Waals surface area contributed by atoms with Crippen LogP contribution in [0.5, 0.6) is 0 Å². The molecule has 1 aromatic rings. The number of carbonyl (C=O) groups is 2. The van der Waals surface area contributed by atoms with Crippen molar-refractivity contribution in [3.63, 3.8) is 0 Å². The van der Waals surface area contributed by atoms with Gasteiger partial charge in [-0.2, -0.15) is 0 Å². The lowest BCUT2D eigenvalue weighted by atomic mass is 10.0. The van der Waals surface area contributed by atoms with Gasteiger partial charge in [0.15, 0.2) is 11.6 Å². The summed E-state index contributed by atoms with van der Waals surface area (Å²) in [5.74, 6) is -0.169. The van der Waals surface area contributed by atoms with Gasteiger partial charge in [0.05, 0.1) is 6.54 Å². The molecule has 0 saturated heterocycles. The SMILES string of the molecule is C=C(/C=C\c1cccc(Cl)c1C)N(C)CC(=O)/C(C)=C(/C)C(C)=O. The fourth-order valence-corrected chi connectivity index (χ4v) is 2.21. The first-order chi connectivity index (χ1) is 11.1. The van der Waals surface area contributed by atoms with Crippen molar-refractivity contribution in [3.8, 4) is 0 Å². The average molecular weight is 346 g/mol. The number of nitrogens with zero attached hydrogens (tertiary/aromatic N) is 1. The van der Waals surface area contributed by atoms with Gasteiger partial charge in [-0.05, 0) is 56.5 Å². The summed E-state index contributed by atoms with van der Waals surface area (Å²) in [4.78, 5) is 25.4. The Bertz CT molecular complexity index is 729. The second kappa shape index (κ2) is 8.65. The lowest BCUT2D eigenvalue weighted by molar-refractivity contribution is -0.117. The summed E-state index contributed by atoms with van der Waals surface area (Å²) in [6, 6.07) is 5.71. The molecular weight excluding hydrogens is 322 g/mol. The second-order valence-electron chi connectivity index (χ2n) is 5.86. The zero-order valence-corrected chi connectivity index (χ0v) is 15.7. The van der Waals surface area contributed by atoms with Crippen molar-refractivity contribution in [1.29, 1.82) is 0 Å².